The van der Waals surface area contributed by atoms with Gasteiger partial charge in [0.25, 0.3) is 0 Å². The summed E-state index contributed by atoms with van der Waals surface area (Å²) in [5, 5.41) is 9.60. The Morgan fingerprint density at radius 2 is 0.877 bits per heavy atom. The van der Waals surface area contributed by atoms with Crippen molar-refractivity contribution in [2.45, 2.75) is 0 Å². The zero-order valence-electron chi connectivity index (χ0n) is 35.4. The number of hydrogen-bond donors (Lipinski definition) is 0. The minimum absolute atomic E-state index is 0.902. The average molecular weight is 829 g/mol. The van der Waals surface area contributed by atoms with Crippen LogP contribution in [0, 0.1) is 0 Å². The number of rotatable bonds is 7. The number of hydrogen-bond acceptors (Lipinski definition) is 2. The maximum absolute atomic E-state index is 6.48. The minimum atomic E-state index is 0.902. The molecule has 0 atom stereocenters. The number of benzene rings is 11. The average Bonchev–Trinajstić information content (AvgIpc) is 3.93. The van der Waals surface area contributed by atoms with Crippen LogP contribution in [0.5, 0.6) is 0 Å². The predicted molar refractivity (Wildman–Crippen MR) is 274 cm³/mol. The lowest BCUT2D eigenvalue weighted by Gasteiger charge is -2.28. The first-order chi connectivity index (χ1) is 32.2. The first-order valence-electron chi connectivity index (χ1n) is 22.2. The molecule has 0 unspecified atom stereocenters. The smallest absolute Gasteiger partial charge is 0.143 e. The number of aromatic nitrogens is 1. The van der Waals surface area contributed by atoms with Crippen LogP contribution in [0.3, 0.4) is 0 Å². The second-order valence-electron chi connectivity index (χ2n) is 16.8. The quantitative estimate of drug-likeness (QED) is 0.160. The Balaban J connectivity index is 0.962. The number of nitrogens with zero attached hydrogens (tertiary/aromatic N) is 2. The molecule has 0 fully saturated rings. The summed E-state index contributed by atoms with van der Waals surface area (Å²) >= 11 is 0. The van der Waals surface area contributed by atoms with Crippen LogP contribution < -0.4 is 4.90 Å². The zero-order chi connectivity index (χ0) is 42.8. The van der Waals surface area contributed by atoms with Crippen LogP contribution >= 0.6 is 0 Å². The SMILES string of the molecule is c1ccc(-n2c3ccccc3c3cc(-c4ccc(N(c5ccc(-c6cccc7ccccc67)cc5)c5ccc(-c6cccc7c6oc6ccccc67)cc5)c5ccccc45)ccc32)cc1. The molecule has 11 aromatic carbocycles. The number of para-hydroxylation sites is 4. The minimum Gasteiger partial charge on any atom is -0.455 e. The molecule has 13 aromatic rings. The van der Waals surface area contributed by atoms with Crippen LogP contribution in [0.15, 0.2) is 247 Å². The normalized spacial score (nSPS) is 11.7. The van der Waals surface area contributed by atoms with Gasteiger partial charge in [-0.05, 0) is 111 Å². The molecule has 304 valence electrons. The van der Waals surface area contributed by atoms with Crippen LogP contribution in [-0.4, -0.2) is 4.57 Å². The van der Waals surface area contributed by atoms with Gasteiger partial charge in [0.15, 0.2) is 0 Å². The number of anilines is 3. The molecule has 0 aliphatic heterocycles. The third-order valence-electron chi connectivity index (χ3n) is 13.2. The Morgan fingerprint density at radius 1 is 0.323 bits per heavy atom. The van der Waals surface area contributed by atoms with E-state index in [1.807, 2.05) is 12.1 Å². The fourth-order valence-electron chi connectivity index (χ4n) is 10.2. The highest BCUT2D eigenvalue weighted by Crippen LogP contribution is 2.45. The van der Waals surface area contributed by atoms with E-state index in [1.165, 1.54) is 65.6 Å². The summed E-state index contributed by atoms with van der Waals surface area (Å²) in [6.07, 6.45) is 0. The molecule has 0 radical (unpaired) electrons. The van der Waals surface area contributed by atoms with E-state index in [9.17, 15) is 0 Å². The van der Waals surface area contributed by atoms with Crippen LogP contribution in [0.4, 0.5) is 17.1 Å². The van der Waals surface area contributed by atoms with E-state index in [2.05, 4.69) is 240 Å². The van der Waals surface area contributed by atoms with Gasteiger partial charge in [-0.25, -0.2) is 0 Å². The molecule has 0 amide bonds. The first-order valence-corrected chi connectivity index (χ1v) is 22.2. The van der Waals surface area contributed by atoms with Crippen molar-refractivity contribution in [1.29, 1.82) is 0 Å². The topological polar surface area (TPSA) is 21.3 Å². The van der Waals surface area contributed by atoms with Crippen molar-refractivity contribution >= 4 is 82.4 Å². The molecule has 0 saturated heterocycles. The molecule has 3 nitrogen and oxygen atoms in total. The molecular weight excluding hydrogens is 789 g/mol. The molecule has 2 aromatic heterocycles. The van der Waals surface area contributed by atoms with Gasteiger partial charge in [0, 0.05) is 49.6 Å². The fourth-order valence-corrected chi connectivity index (χ4v) is 10.2. The molecule has 0 saturated carbocycles. The summed E-state index contributed by atoms with van der Waals surface area (Å²) in [4.78, 5) is 2.40. The number of furan rings is 1. The van der Waals surface area contributed by atoms with E-state index in [0.29, 0.717) is 0 Å². The summed E-state index contributed by atoms with van der Waals surface area (Å²) in [6.45, 7) is 0. The Hall–Kier alpha value is -8.66. The molecular formula is C62H40N2O. The lowest BCUT2D eigenvalue weighted by Crippen LogP contribution is -2.10. The van der Waals surface area contributed by atoms with Crippen LogP contribution in [0.25, 0.3) is 104 Å². The van der Waals surface area contributed by atoms with Gasteiger partial charge in [0.1, 0.15) is 11.2 Å². The van der Waals surface area contributed by atoms with Gasteiger partial charge in [-0.15, -0.1) is 0 Å². The molecule has 0 aliphatic carbocycles. The molecule has 13 rings (SSSR count). The van der Waals surface area contributed by atoms with Gasteiger partial charge in [-0.1, -0.05) is 176 Å². The van der Waals surface area contributed by atoms with E-state index in [-0.39, 0.29) is 0 Å². The Labute approximate surface area is 376 Å². The van der Waals surface area contributed by atoms with Crippen molar-refractivity contribution < 1.29 is 4.42 Å². The second kappa shape index (κ2) is 15.0. The second-order valence-corrected chi connectivity index (χ2v) is 16.8. The standard InChI is InChI=1S/C62H40N2O/c1-2-16-45(17-3-1)64-58-26-10-8-21-54(58)57-40-44(32-38-60(57)64)50-37-39-59(53-20-7-6-19-52(50)53)63(46-33-28-42(29-34-46)49-23-12-15-41-14-4-5-18-48(41)49)47-35-30-43(31-36-47)51-24-13-25-56-55-22-9-11-27-61(55)65-62(51)56/h1-40H. The predicted octanol–water partition coefficient (Wildman–Crippen LogP) is 17.5. The van der Waals surface area contributed by atoms with Crippen LogP contribution in [-0.2, 0) is 0 Å². The number of fused-ring (bicyclic) bond motifs is 8. The molecule has 2 heterocycles. The zero-order valence-corrected chi connectivity index (χ0v) is 35.4. The van der Waals surface area contributed by atoms with Gasteiger partial charge < -0.3 is 13.9 Å². The Morgan fingerprint density at radius 3 is 1.68 bits per heavy atom. The van der Waals surface area contributed by atoms with E-state index < -0.39 is 0 Å². The maximum Gasteiger partial charge on any atom is 0.143 e. The van der Waals surface area contributed by atoms with E-state index in [0.717, 1.165) is 55.8 Å². The highest BCUT2D eigenvalue weighted by Gasteiger charge is 2.20. The van der Waals surface area contributed by atoms with Crippen molar-refractivity contribution in [3.63, 3.8) is 0 Å². The highest BCUT2D eigenvalue weighted by atomic mass is 16.3. The van der Waals surface area contributed by atoms with E-state index in [4.69, 9.17) is 4.42 Å². The molecule has 3 heteroatoms. The van der Waals surface area contributed by atoms with Crippen LogP contribution in [0.2, 0.25) is 0 Å². The first kappa shape index (κ1) is 36.9. The van der Waals surface area contributed by atoms with Crippen molar-refractivity contribution in [3.05, 3.63) is 243 Å². The van der Waals surface area contributed by atoms with Gasteiger partial charge in [-0.3, -0.25) is 0 Å². The van der Waals surface area contributed by atoms with E-state index in [1.54, 1.807) is 0 Å². The Kier molecular flexibility index (Phi) is 8.53. The van der Waals surface area contributed by atoms with Crippen LogP contribution in [0.1, 0.15) is 0 Å². The maximum atomic E-state index is 6.48. The Bertz CT molecular complexity index is 3930. The summed E-state index contributed by atoms with van der Waals surface area (Å²) in [6, 6.07) is 87.7. The fraction of sp³-hybridized carbons (Fsp3) is 0. The molecule has 0 bridgehead atoms. The van der Waals surface area contributed by atoms with Gasteiger partial charge in [-0.2, -0.15) is 0 Å². The molecule has 0 aliphatic rings. The largest absolute Gasteiger partial charge is 0.455 e. The molecule has 65 heavy (non-hydrogen) atoms. The van der Waals surface area contributed by atoms with Gasteiger partial charge in [0.2, 0.25) is 0 Å². The van der Waals surface area contributed by atoms with Crippen molar-refractivity contribution in [2.24, 2.45) is 0 Å². The summed E-state index contributed by atoms with van der Waals surface area (Å²) in [5.41, 5.74) is 15.6. The summed E-state index contributed by atoms with van der Waals surface area (Å²) < 4.78 is 8.86. The van der Waals surface area contributed by atoms with Crippen molar-refractivity contribution in [1.82, 2.24) is 4.57 Å². The lowest BCUT2D eigenvalue weighted by atomic mass is 9.95. The highest BCUT2D eigenvalue weighted by molar-refractivity contribution is 6.13. The summed E-state index contributed by atoms with van der Waals surface area (Å²) in [7, 11) is 0. The van der Waals surface area contributed by atoms with Crippen molar-refractivity contribution in [3.8, 4) is 39.1 Å². The molecule has 0 N–H and O–H groups in total. The lowest BCUT2D eigenvalue weighted by molar-refractivity contribution is 0.670. The molecule has 0 spiro atoms. The summed E-state index contributed by atoms with van der Waals surface area (Å²) in [5.74, 6) is 0. The third-order valence-corrected chi connectivity index (χ3v) is 13.2. The van der Waals surface area contributed by atoms with Crippen molar-refractivity contribution in [2.75, 3.05) is 4.90 Å². The monoisotopic (exact) mass is 828 g/mol. The van der Waals surface area contributed by atoms with E-state index >= 15 is 0 Å². The third kappa shape index (κ3) is 6.05. The van der Waals surface area contributed by atoms with Gasteiger partial charge in [0.05, 0.1) is 16.7 Å². The van der Waals surface area contributed by atoms with Gasteiger partial charge >= 0.3 is 0 Å².